The summed E-state index contributed by atoms with van der Waals surface area (Å²) in [5, 5.41) is 5.28. The Morgan fingerprint density at radius 2 is 1.62 bits per heavy atom. The number of rotatable bonds is 5. The molecule has 9 heteroatoms. The number of likely N-dealkylation sites (N-methyl/N-ethyl adjacent to an activating group) is 1. The van der Waals surface area contributed by atoms with E-state index >= 15 is 0 Å². The highest BCUT2D eigenvalue weighted by Gasteiger charge is 2.37. The van der Waals surface area contributed by atoms with Gasteiger partial charge >= 0.3 is 0 Å². The number of nitrogens with one attached hydrogen (secondary N) is 2. The second-order valence-electron chi connectivity index (χ2n) is 5.19. The van der Waals surface area contributed by atoms with Crippen LogP contribution < -0.4 is 10.6 Å². The summed E-state index contributed by atoms with van der Waals surface area (Å²) in [5.74, 6) is -2.24. The molecule has 1 heterocycles. The van der Waals surface area contributed by atoms with Crippen LogP contribution >= 0.6 is 23.2 Å². The highest BCUT2D eigenvalue weighted by Crippen LogP contribution is 2.31. The molecule has 2 rings (SSSR count). The van der Waals surface area contributed by atoms with Crippen LogP contribution in [0.5, 0.6) is 0 Å². The van der Waals surface area contributed by atoms with Gasteiger partial charge in [-0.05, 0) is 26.0 Å². The number of hydrogen-bond acceptors (Lipinski definition) is 4. The Balaban J connectivity index is 2.09. The third-order valence-corrected chi connectivity index (χ3v) is 4.16. The fourth-order valence-corrected chi connectivity index (χ4v) is 2.58. The van der Waals surface area contributed by atoms with Crippen LogP contribution in [0, 0.1) is 0 Å². The number of fused-ring (bicyclic) bond motifs is 1. The van der Waals surface area contributed by atoms with E-state index in [1.54, 1.807) is 6.92 Å². The number of halogens is 2. The van der Waals surface area contributed by atoms with Gasteiger partial charge < -0.3 is 10.6 Å². The Morgan fingerprint density at radius 3 is 2.08 bits per heavy atom. The predicted octanol–water partition coefficient (Wildman–Crippen LogP) is 1.23. The minimum absolute atomic E-state index is 0.0963. The summed E-state index contributed by atoms with van der Waals surface area (Å²) in [5.41, 5.74) is 0.193. The highest BCUT2D eigenvalue weighted by atomic mass is 35.5. The zero-order valence-corrected chi connectivity index (χ0v) is 14.5. The summed E-state index contributed by atoms with van der Waals surface area (Å²) >= 11 is 11.7. The molecule has 1 aliphatic heterocycles. The van der Waals surface area contributed by atoms with Crippen LogP contribution in [-0.2, 0) is 9.59 Å². The number of carbonyl (C=O) groups excluding carboxylic acids is 4. The van der Waals surface area contributed by atoms with E-state index in [2.05, 4.69) is 10.6 Å². The average Bonchev–Trinajstić information content (AvgIpc) is 2.73. The lowest BCUT2D eigenvalue weighted by atomic mass is 10.1. The van der Waals surface area contributed by atoms with Gasteiger partial charge in [0.1, 0.15) is 12.6 Å². The first-order valence-electron chi connectivity index (χ1n) is 7.18. The van der Waals surface area contributed by atoms with Gasteiger partial charge in [0.25, 0.3) is 11.8 Å². The van der Waals surface area contributed by atoms with E-state index in [0.29, 0.717) is 6.54 Å². The molecule has 1 aromatic carbocycles. The normalized spacial score (nSPS) is 14.4. The third-order valence-electron chi connectivity index (χ3n) is 3.44. The Labute approximate surface area is 148 Å². The smallest absolute Gasteiger partial charge is 0.262 e. The molecule has 128 valence electrons. The first-order chi connectivity index (χ1) is 11.3. The van der Waals surface area contributed by atoms with Crippen LogP contribution in [0.3, 0.4) is 0 Å². The van der Waals surface area contributed by atoms with Crippen molar-refractivity contribution in [1.29, 1.82) is 0 Å². The first kappa shape index (κ1) is 18.2. The molecule has 0 aromatic heterocycles. The number of benzene rings is 1. The van der Waals surface area contributed by atoms with Gasteiger partial charge in [0.15, 0.2) is 0 Å². The van der Waals surface area contributed by atoms with Crippen molar-refractivity contribution >= 4 is 46.8 Å². The van der Waals surface area contributed by atoms with Crippen LogP contribution in [0.2, 0.25) is 10.0 Å². The van der Waals surface area contributed by atoms with Crippen molar-refractivity contribution in [2.24, 2.45) is 0 Å². The predicted molar refractivity (Wildman–Crippen MR) is 88.1 cm³/mol. The number of nitrogens with zero attached hydrogens (tertiary/aromatic N) is 1. The minimum atomic E-state index is -0.781. The molecule has 0 radical (unpaired) electrons. The summed E-state index contributed by atoms with van der Waals surface area (Å²) < 4.78 is 0. The summed E-state index contributed by atoms with van der Waals surface area (Å²) in [6.07, 6.45) is 0. The zero-order valence-electron chi connectivity index (χ0n) is 13.0. The molecule has 0 unspecified atom stereocenters. The number of carbonyl (C=O) groups is 4. The van der Waals surface area contributed by atoms with Gasteiger partial charge in [-0.3, -0.25) is 24.1 Å². The number of hydrogen-bond donors (Lipinski definition) is 2. The van der Waals surface area contributed by atoms with Crippen molar-refractivity contribution in [1.82, 2.24) is 15.5 Å². The molecule has 7 nitrogen and oxygen atoms in total. The van der Waals surface area contributed by atoms with E-state index in [9.17, 15) is 19.2 Å². The van der Waals surface area contributed by atoms with Gasteiger partial charge in [0.2, 0.25) is 11.8 Å². The monoisotopic (exact) mass is 371 g/mol. The summed E-state index contributed by atoms with van der Waals surface area (Å²) in [4.78, 5) is 48.9. The maximum absolute atomic E-state index is 12.3. The summed E-state index contributed by atoms with van der Waals surface area (Å²) in [6, 6.07) is 1.82. The molecule has 24 heavy (non-hydrogen) atoms. The molecular formula is C15H15Cl2N3O4. The van der Waals surface area contributed by atoms with Crippen LogP contribution in [-0.4, -0.2) is 47.7 Å². The lowest BCUT2D eigenvalue weighted by Gasteiger charge is -2.17. The third kappa shape index (κ3) is 3.52. The van der Waals surface area contributed by atoms with Crippen LogP contribution in [0.4, 0.5) is 0 Å². The van der Waals surface area contributed by atoms with Gasteiger partial charge in [-0.25, -0.2) is 0 Å². The lowest BCUT2D eigenvalue weighted by molar-refractivity contribution is -0.128. The van der Waals surface area contributed by atoms with Crippen LogP contribution in [0.25, 0.3) is 0 Å². The molecule has 0 aliphatic carbocycles. The molecule has 1 atom stereocenters. The van der Waals surface area contributed by atoms with Crippen LogP contribution in [0.1, 0.15) is 34.6 Å². The van der Waals surface area contributed by atoms with Crippen molar-refractivity contribution in [2.45, 2.75) is 19.9 Å². The molecule has 0 saturated carbocycles. The fourth-order valence-electron chi connectivity index (χ4n) is 2.25. The number of amides is 4. The van der Waals surface area contributed by atoms with E-state index in [1.807, 2.05) is 0 Å². The zero-order chi connectivity index (χ0) is 18.0. The van der Waals surface area contributed by atoms with Gasteiger partial charge in [-0.1, -0.05) is 23.2 Å². The van der Waals surface area contributed by atoms with Crippen molar-refractivity contribution in [3.63, 3.8) is 0 Å². The largest absolute Gasteiger partial charge is 0.355 e. The van der Waals surface area contributed by atoms with Gasteiger partial charge in [-0.2, -0.15) is 0 Å². The molecule has 0 spiro atoms. The van der Waals surface area contributed by atoms with Crippen molar-refractivity contribution in [3.05, 3.63) is 33.3 Å². The molecule has 4 amide bonds. The van der Waals surface area contributed by atoms with E-state index < -0.39 is 30.3 Å². The van der Waals surface area contributed by atoms with Crippen molar-refractivity contribution in [2.75, 3.05) is 13.1 Å². The second-order valence-corrected chi connectivity index (χ2v) is 6.01. The SMILES string of the molecule is CCNC(=O)[C@@H](C)NC(=O)CN1C(=O)c2cc(Cl)c(Cl)cc2C1=O. The lowest BCUT2D eigenvalue weighted by Crippen LogP contribution is -2.48. The standard InChI is InChI=1S/C15H15Cl2N3O4/c1-3-18-13(22)7(2)19-12(21)6-20-14(23)8-4-10(16)11(17)5-9(8)15(20)24/h4-5,7H,3,6H2,1-2H3,(H,18,22)(H,19,21)/t7-/m1/s1. The Hall–Kier alpha value is -2.12. The maximum atomic E-state index is 12.3. The Kier molecular flexibility index (Phi) is 5.46. The molecule has 0 saturated heterocycles. The minimum Gasteiger partial charge on any atom is -0.355 e. The van der Waals surface area contributed by atoms with E-state index in [0.717, 1.165) is 4.90 Å². The summed E-state index contributed by atoms with van der Waals surface area (Å²) in [7, 11) is 0. The first-order valence-corrected chi connectivity index (χ1v) is 7.94. The van der Waals surface area contributed by atoms with E-state index in [1.165, 1.54) is 19.1 Å². The van der Waals surface area contributed by atoms with Crippen LogP contribution in [0.15, 0.2) is 12.1 Å². The highest BCUT2D eigenvalue weighted by molar-refractivity contribution is 6.43. The average molecular weight is 372 g/mol. The molecule has 1 aliphatic rings. The Morgan fingerprint density at radius 1 is 1.12 bits per heavy atom. The Bertz CT molecular complexity index is 695. The van der Waals surface area contributed by atoms with Gasteiger partial charge in [0.05, 0.1) is 21.2 Å². The molecule has 0 fully saturated rings. The van der Waals surface area contributed by atoms with Gasteiger partial charge in [-0.15, -0.1) is 0 Å². The number of imide groups is 1. The van der Waals surface area contributed by atoms with E-state index in [-0.39, 0.29) is 27.1 Å². The quantitative estimate of drug-likeness (QED) is 0.760. The fraction of sp³-hybridized carbons (Fsp3) is 0.333. The molecule has 1 aromatic rings. The molecule has 0 bridgehead atoms. The maximum Gasteiger partial charge on any atom is 0.262 e. The summed E-state index contributed by atoms with van der Waals surface area (Å²) in [6.45, 7) is 3.19. The van der Waals surface area contributed by atoms with E-state index in [4.69, 9.17) is 23.2 Å². The molecular weight excluding hydrogens is 357 g/mol. The van der Waals surface area contributed by atoms with Crippen molar-refractivity contribution < 1.29 is 19.2 Å². The topological polar surface area (TPSA) is 95.6 Å². The second kappa shape index (κ2) is 7.19. The van der Waals surface area contributed by atoms with Crippen molar-refractivity contribution in [3.8, 4) is 0 Å². The van der Waals surface area contributed by atoms with Gasteiger partial charge in [0, 0.05) is 6.54 Å². The molecule has 2 N–H and O–H groups in total.